The summed E-state index contributed by atoms with van der Waals surface area (Å²) in [5, 5.41) is 9.81. The average Bonchev–Trinajstić information content (AvgIpc) is 2.58. The summed E-state index contributed by atoms with van der Waals surface area (Å²) in [7, 11) is 0. The van der Waals surface area contributed by atoms with Crippen LogP contribution in [-0.2, 0) is 11.2 Å². The van der Waals surface area contributed by atoms with Gasteiger partial charge in [-0.2, -0.15) is 0 Å². The molecule has 1 saturated heterocycles. The molecule has 2 heterocycles. The van der Waals surface area contributed by atoms with Gasteiger partial charge in [0, 0.05) is 31.0 Å². The minimum Gasteiger partial charge on any atom is -0.465 e. The quantitative estimate of drug-likeness (QED) is 0.872. The van der Waals surface area contributed by atoms with Crippen molar-refractivity contribution in [2.45, 2.75) is 65.0 Å². The summed E-state index contributed by atoms with van der Waals surface area (Å²) in [5.41, 5.74) is 0.362. The number of nitrogens with zero attached hydrogens (tertiary/aromatic N) is 3. The minimum atomic E-state index is -1.05. The number of carboxylic acid groups (broad SMARTS) is 1. The Morgan fingerprint density at radius 1 is 1.35 bits per heavy atom. The zero-order chi connectivity index (χ0) is 19.3. The predicted octanol–water partition coefficient (Wildman–Crippen LogP) is 3.42. The SMILES string of the molecule is CC1CCN(C(=O)C(CCc2cccnc2)N(C(=O)O)C(C)(C)C)CC1. The van der Waals surface area contributed by atoms with Crippen molar-refractivity contribution in [3.63, 3.8) is 0 Å². The summed E-state index contributed by atoms with van der Waals surface area (Å²) in [6, 6.07) is 3.14. The molecule has 6 nitrogen and oxygen atoms in total. The molecule has 0 saturated carbocycles. The molecule has 1 unspecified atom stereocenters. The first-order valence-corrected chi connectivity index (χ1v) is 9.40. The van der Waals surface area contributed by atoms with Crippen molar-refractivity contribution in [3.05, 3.63) is 30.1 Å². The lowest BCUT2D eigenvalue weighted by molar-refractivity contribution is -0.139. The monoisotopic (exact) mass is 361 g/mol. The molecule has 0 bridgehead atoms. The molecule has 26 heavy (non-hydrogen) atoms. The molecule has 1 aromatic heterocycles. The number of piperidine rings is 1. The number of carbonyl (C=O) groups excluding carboxylic acids is 1. The molecule has 144 valence electrons. The number of hydrogen-bond acceptors (Lipinski definition) is 3. The van der Waals surface area contributed by atoms with Crippen LogP contribution in [0.15, 0.2) is 24.5 Å². The van der Waals surface area contributed by atoms with Crippen LogP contribution in [-0.4, -0.2) is 56.6 Å². The van der Waals surface area contributed by atoms with Gasteiger partial charge in [-0.15, -0.1) is 0 Å². The van der Waals surface area contributed by atoms with E-state index >= 15 is 0 Å². The molecule has 1 aromatic rings. The van der Waals surface area contributed by atoms with E-state index in [1.54, 1.807) is 12.4 Å². The first-order valence-electron chi connectivity index (χ1n) is 9.40. The van der Waals surface area contributed by atoms with Gasteiger partial charge in [0.25, 0.3) is 0 Å². The number of pyridine rings is 1. The number of likely N-dealkylation sites (tertiary alicyclic amines) is 1. The molecule has 2 rings (SSSR count). The smallest absolute Gasteiger partial charge is 0.408 e. The molecule has 1 fully saturated rings. The van der Waals surface area contributed by atoms with Gasteiger partial charge in [-0.1, -0.05) is 13.0 Å². The molecular weight excluding hydrogens is 330 g/mol. The fraction of sp³-hybridized carbons (Fsp3) is 0.650. The first kappa shape index (κ1) is 20.2. The van der Waals surface area contributed by atoms with Gasteiger partial charge in [-0.05, 0) is 64.0 Å². The van der Waals surface area contributed by atoms with Crippen LogP contribution in [0, 0.1) is 5.92 Å². The van der Waals surface area contributed by atoms with Crippen molar-refractivity contribution < 1.29 is 14.7 Å². The van der Waals surface area contributed by atoms with Gasteiger partial charge in [-0.25, -0.2) is 4.79 Å². The van der Waals surface area contributed by atoms with Crippen molar-refractivity contribution >= 4 is 12.0 Å². The summed E-state index contributed by atoms with van der Waals surface area (Å²) < 4.78 is 0. The second-order valence-electron chi connectivity index (χ2n) is 8.25. The Hall–Kier alpha value is -2.11. The lowest BCUT2D eigenvalue weighted by Gasteiger charge is -2.42. The molecule has 1 aliphatic rings. The minimum absolute atomic E-state index is 0.0712. The molecular formula is C20H31N3O3. The van der Waals surface area contributed by atoms with Crippen LogP contribution in [0.2, 0.25) is 0 Å². The standard InChI is InChI=1S/C20H31N3O3/c1-15-9-12-22(13-10-15)18(24)17(23(19(25)26)20(2,3)4)8-7-16-6-5-11-21-14-16/h5-6,11,14-15,17H,7-10,12-13H2,1-4H3,(H,25,26). The highest BCUT2D eigenvalue weighted by atomic mass is 16.4. The van der Waals surface area contributed by atoms with Crippen LogP contribution in [0.25, 0.3) is 0 Å². The molecule has 0 aromatic carbocycles. The Morgan fingerprint density at radius 2 is 2.00 bits per heavy atom. The normalized spacial score (nSPS) is 17.0. The lowest BCUT2D eigenvalue weighted by Crippen LogP contribution is -2.58. The van der Waals surface area contributed by atoms with Gasteiger partial charge in [0.05, 0.1) is 0 Å². The van der Waals surface area contributed by atoms with E-state index < -0.39 is 17.7 Å². The van der Waals surface area contributed by atoms with Crippen molar-refractivity contribution in [1.29, 1.82) is 0 Å². The zero-order valence-corrected chi connectivity index (χ0v) is 16.3. The van der Waals surface area contributed by atoms with E-state index in [0.29, 0.717) is 31.8 Å². The fourth-order valence-corrected chi connectivity index (χ4v) is 3.54. The Kier molecular flexibility index (Phi) is 6.62. The number of aryl methyl sites for hydroxylation is 1. The first-order chi connectivity index (χ1) is 12.2. The number of carbonyl (C=O) groups is 2. The van der Waals surface area contributed by atoms with Gasteiger partial charge >= 0.3 is 6.09 Å². The second kappa shape index (κ2) is 8.52. The maximum atomic E-state index is 13.2. The van der Waals surface area contributed by atoms with E-state index in [4.69, 9.17) is 0 Å². The third kappa shape index (κ3) is 5.19. The number of hydrogen-bond donors (Lipinski definition) is 1. The highest BCUT2D eigenvalue weighted by Crippen LogP contribution is 2.25. The van der Waals surface area contributed by atoms with Gasteiger partial charge in [0.15, 0.2) is 0 Å². The van der Waals surface area contributed by atoms with Crippen LogP contribution < -0.4 is 0 Å². The van der Waals surface area contributed by atoms with Crippen molar-refractivity contribution in [2.75, 3.05) is 13.1 Å². The number of rotatable bonds is 5. The van der Waals surface area contributed by atoms with Crippen LogP contribution in [0.1, 0.15) is 52.5 Å². The van der Waals surface area contributed by atoms with Crippen LogP contribution in [0.3, 0.4) is 0 Å². The van der Waals surface area contributed by atoms with E-state index in [-0.39, 0.29) is 5.91 Å². The third-order valence-electron chi connectivity index (χ3n) is 5.05. The molecule has 1 atom stereocenters. The summed E-state index contributed by atoms with van der Waals surface area (Å²) >= 11 is 0. The van der Waals surface area contributed by atoms with Crippen LogP contribution >= 0.6 is 0 Å². The van der Waals surface area contributed by atoms with E-state index in [1.165, 1.54) is 4.90 Å². The maximum Gasteiger partial charge on any atom is 0.408 e. The zero-order valence-electron chi connectivity index (χ0n) is 16.3. The highest BCUT2D eigenvalue weighted by molar-refractivity contribution is 5.85. The van der Waals surface area contributed by atoms with Crippen molar-refractivity contribution in [3.8, 4) is 0 Å². The van der Waals surface area contributed by atoms with E-state index in [1.807, 2.05) is 37.8 Å². The van der Waals surface area contributed by atoms with Crippen LogP contribution in [0.5, 0.6) is 0 Å². The fourth-order valence-electron chi connectivity index (χ4n) is 3.54. The van der Waals surface area contributed by atoms with E-state index in [2.05, 4.69) is 11.9 Å². The second-order valence-corrected chi connectivity index (χ2v) is 8.25. The summed E-state index contributed by atoms with van der Waals surface area (Å²) in [6.07, 6.45) is 5.46. The van der Waals surface area contributed by atoms with Crippen LogP contribution in [0.4, 0.5) is 4.79 Å². The number of aromatic nitrogens is 1. The van der Waals surface area contributed by atoms with Crippen molar-refractivity contribution in [1.82, 2.24) is 14.8 Å². The molecule has 0 spiro atoms. The van der Waals surface area contributed by atoms with Gasteiger partial charge in [-0.3, -0.25) is 14.7 Å². The largest absolute Gasteiger partial charge is 0.465 e. The van der Waals surface area contributed by atoms with E-state index in [0.717, 1.165) is 18.4 Å². The summed E-state index contributed by atoms with van der Waals surface area (Å²) in [6.45, 7) is 9.12. The molecule has 6 heteroatoms. The number of amides is 2. The lowest BCUT2D eigenvalue weighted by atomic mass is 9.95. The third-order valence-corrected chi connectivity index (χ3v) is 5.05. The Bertz CT molecular complexity index is 604. The maximum absolute atomic E-state index is 13.2. The molecule has 0 radical (unpaired) electrons. The molecule has 0 aliphatic carbocycles. The van der Waals surface area contributed by atoms with Gasteiger partial charge in [0.1, 0.15) is 6.04 Å². The van der Waals surface area contributed by atoms with Gasteiger partial charge in [0.2, 0.25) is 5.91 Å². The average molecular weight is 361 g/mol. The Morgan fingerprint density at radius 3 is 2.50 bits per heavy atom. The molecule has 1 aliphatic heterocycles. The highest BCUT2D eigenvalue weighted by Gasteiger charge is 2.39. The van der Waals surface area contributed by atoms with Gasteiger partial charge < -0.3 is 10.0 Å². The van der Waals surface area contributed by atoms with Crippen molar-refractivity contribution in [2.24, 2.45) is 5.92 Å². The molecule has 1 N–H and O–H groups in total. The Balaban J connectivity index is 2.22. The predicted molar refractivity (Wildman–Crippen MR) is 101 cm³/mol. The van der Waals surface area contributed by atoms with E-state index in [9.17, 15) is 14.7 Å². The topological polar surface area (TPSA) is 73.7 Å². The summed E-state index contributed by atoms with van der Waals surface area (Å²) in [5.74, 6) is 0.546. The Labute approximate surface area is 156 Å². The molecule has 2 amide bonds. The summed E-state index contributed by atoms with van der Waals surface area (Å²) in [4.78, 5) is 32.5.